The summed E-state index contributed by atoms with van der Waals surface area (Å²) in [7, 11) is 0. The lowest BCUT2D eigenvalue weighted by Crippen LogP contribution is -2.43. The minimum absolute atomic E-state index is 0.156. The van der Waals surface area contributed by atoms with Crippen LogP contribution in [0.15, 0.2) is 22.9 Å². The molecule has 2 atom stereocenters. The number of rotatable bonds is 5. The van der Waals surface area contributed by atoms with Crippen LogP contribution in [0.4, 0.5) is 4.79 Å². The van der Waals surface area contributed by atoms with Crippen LogP contribution in [0.5, 0.6) is 0 Å². The Morgan fingerprint density at radius 3 is 2.86 bits per heavy atom. The van der Waals surface area contributed by atoms with Crippen LogP contribution < -0.4 is 10.6 Å². The van der Waals surface area contributed by atoms with Gasteiger partial charge in [-0.2, -0.15) is 0 Å². The Kier molecular flexibility index (Phi) is 4.97. The Morgan fingerprint density at radius 1 is 1.52 bits per heavy atom. The summed E-state index contributed by atoms with van der Waals surface area (Å²) in [5.41, 5.74) is -0.114. The van der Waals surface area contributed by atoms with E-state index in [0.717, 1.165) is 15.6 Å². The molecule has 2 heterocycles. The van der Waals surface area contributed by atoms with Crippen molar-refractivity contribution in [2.24, 2.45) is 0 Å². The Balaban J connectivity index is 1.85. The molecule has 2 rings (SSSR count). The molecule has 0 radical (unpaired) electrons. The minimum Gasteiger partial charge on any atom is -0.383 e. The fraction of sp³-hybridized carbons (Fsp3) is 0.429. The third-order valence-electron chi connectivity index (χ3n) is 3.00. The summed E-state index contributed by atoms with van der Waals surface area (Å²) in [4.78, 5) is 17.1. The average Bonchev–Trinajstić information content (AvgIpc) is 3.07. The maximum Gasteiger partial charge on any atom is 0.315 e. The van der Waals surface area contributed by atoms with Gasteiger partial charge in [-0.1, -0.05) is 6.07 Å². The molecular weight excluding hydrogens is 306 g/mol. The van der Waals surface area contributed by atoms with Crippen LogP contribution in [0.1, 0.15) is 35.5 Å². The molecule has 0 aliphatic carbocycles. The van der Waals surface area contributed by atoms with Gasteiger partial charge in [-0.25, -0.2) is 9.78 Å². The molecule has 2 amide bonds. The van der Waals surface area contributed by atoms with Gasteiger partial charge in [-0.05, 0) is 32.2 Å². The summed E-state index contributed by atoms with van der Waals surface area (Å²) in [5.74, 6) is 0. The highest BCUT2D eigenvalue weighted by molar-refractivity contribution is 7.10. The van der Waals surface area contributed by atoms with Gasteiger partial charge in [0, 0.05) is 16.0 Å². The maximum absolute atomic E-state index is 11.9. The number of urea groups is 1. The van der Waals surface area contributed by atoms with Crippen molar-refractivity contribution in [1.29, 1.82) is 0 Å². The summed E-state index contributed by atoms with van der Waals surface area (Å²) in [6.07, 6.45) is 0. The predicted octanol–water partition coefficient (Wildman–Crippen LogP) is 2.78. The Morgan fingerprint density at radius 2 is 2.29 bits per heavy atom. The monoisotopic (exact) mass is 325 g/mol. The van der Waals surface area contributed by atoms with Crippen LogP contribution in [-0.2, 0) is 5.60 Å². The smallest absolute Gasteiger partial charge is 0.315 e. The van der Waals surface area contributed by atoms with Crippen LogP contribution in [-0.4, -0.2) is 22.7 Å². The van der Waals surface area contributed by atoms with Gasteiger partial charge in [0.25, 0.3) is 0 Å². The molecule has 2 aromatic heterocycles. The fourth-order valence-corrected chi connectivity index (χ4v) is 3.40. The molecule has 21 heavy (non-hydrogen) atoms. The molecule has 2 unspecified atom stereocenters. The Labute approximate surface area is 132 Å². The number of carbonyl (C=O) groups excluding carboxylic acids is 1. The first kappa shape index (κ1) is 15.9. The lowest BCUT2D eigenvalue weighted by atomic mass is 10.1. The second-order valence-electron chi connectivity index (χ2n) is 5.13. The molecule has 3 N–H and O–H groups in total. The standard InChI is InChI=1S/C14H19N3O2S2/c1-9-7-21-12(16-9)10(2)17-13(18)15-8-14(3,19)11-5-4-6-20-11/h4-7,10,19H,8H2,1-3H3,(H2,15,17,18). The quantitative estimate of drug-likeness (QED) is 0.791. The molecule has 0 fully saturated rings. The van der Waals surface area contributed by atoms with E-state index in [4.69, 9.17) is 0 Å². The number of nitrogens with one attached hydrogen (secondary N) is 2. The van der Waals surface area contributed by atoms with E-state index < -0.39 is 5.60 Å². The van der Waals surface area contributed by atoms with Gasteiger partial charge in [-0.15, -0.1) is 22.7 Å². The van der Waals surface area contributed by atoms with Gasteiger partial charge in [0.1, 0.15) is 10.6 Å². The molecule has 0 aliphatic heterocycles. The van der Waals surface area contributed by atoms with E-state index >= 15 is 0 Å². The van der Waals surface area contributed by atoms with E-state index in [9.17, 15) is 9.90 Å². The zero-order valence-electron chi connectivity index (χ0n) is 12.2. The molecular formula is C14H19N3O2S2. The van der Waals surface area contributed by atoms with Crippen molar-refractivity contribution >= 4 is 28.7 Å². The van der Waals surface area contributed by atoms with Crippen molar-refractivity contribution < 1.29 is 9.90 Å². The molecule has 2 aromatic rings. The molecule has 7 heteroatoms. The fourth-order valence-electron chi connectivity index (χ4n) is 1.80. The van der Waals surface area contributed by atoms with Gasteiger partial charge < -0.3 is 15.7 Å². The normalized spacial score (nSPS) is 15.2. The lowest BCUT2D eigenvalue weighted by Gasteiger charge is -2.23. The number of carbonyl (C=O) groups is 1. The van der Waals surface area contributed by atoms with Gasteiger partial charge >= 0.3 is 6.03 Å². The van der Waals surface area contributed by atoms with Crippen LogP contribution in [0.25, 0.3) is 0 Å². The van der Waals surface area contributed by atoms with Crippen LogP contribution >= 0.6 is 22.7 Å². The summed E-state index contributed by atoms with van der Waals surface area (Å²) in [5, 5.41) is 20.6. The van der Waals surface area contributed by atoms with Gasteiger partial charge in [-0.3, -0.25) is 0 Å². The van der Waals surface area contributed by atoms with Gasteiger partial charge in [0.15, 0.2) is 0 Å². The maximum atomic E-state index is 11.9. The number of aryl methyl sites for hydroxylation is 1. The minimum atomic E-state index is -1.06. The van der Waals surface area contributed by atoms with Crippen molar-refractivity contribution in [2.75, 3.05) is 6.54 Å². The topological polar surface area (TPSA) is 74.2 Å². The number of hydrogen-bond donors (Lipinski definition) is 3. The highest BCUT2D eigenvalue weighted by atomic mass is 32.1. The molecule has 0 saturated carbocycles. The predicted molar refractivity (Wildman–Crippen MR) is 85.7 cm³/mol. The van der Waals surface area contributed by atoms with E-state index in [1.54, 1.807) is 6.92 Å². The zero-order chi connectivity index (χ0) is 15.5. The number of amides is 2. The van der Waals surface area contributed by atoms with E-state index in [1.807, 2.05) is 36.7 Å². The van der Waals surface area contributed by atoms with Crippen LogP contribution in [0.3, 0.4) is 0 Å². The van der Waals surface area contributed by atoms with E-state index in [2.05, 4.69) is 15.6 Å². The summed E-state index contributed by atoms with van der Waals surface area (Å²) in [6, 6.07) is 3.26. The lowest BCUT2D eigenvalue weighted by molar-refractivity contribution is 0.0630. The summed E-state index contributed by atoms with van der Waals surface area (Å²) >= 11 is 2.98. The third kappa shape index (κ3) is 4.26. The molecule has 0 spiro atoms. The Bertz CT molecular complexity index is 593. The highest BCUT2D eigenvalue weighted by Crippen LogP contribution is 2.24. The van der Waals surface area contributed by atoms with Gasteiger partial charge in [0.05, 0.1) is 12.6 Å². The van der Waals surface area contributed by atoms with Crippen LogP contribution in [0.2, 0.25) is 0 Å². The number of thiophene rings is 1. The van der Waals surface area contributed by atoms with Crippen LogP contribution in [0, 0.1) is 6.92 Å². The first-order chi connectivity index (χ1) is 9.88. The summed E-state index contributed by atoms with van der Waals surface area (Å²) in [6.45, 7) is 5.65. The highest BCUT2D eigenvalue weighted by Gasteiger charge is 2.25. The summed E-state index contributed by atoms with van der Waals surface area (Å²) < 4.78 is 0. The number of thiazole rings is 1. The molecule has 5 nitrogen and oxygen atoms in total. The van der Waals surface area contributed by atoms with Crippen molar-refractivity contribution in [1.82, 2.24) is 15.6 Å². The molecule has 0 aromatic carbocycles. The van der Waals surface area contributed by atoms with E-state index in [-0.39, 0.29) is 18.6 Å². The average molecular weight is 325 g/mol. The van der Waals surface area contributed by atoms with Crippen molar-refractivity contribution in [3.63, 3.8) is 0 Å². The first-order valence-corrected chi connectivity index (χ1v) is 8.37. The Hall–Kier alpha value is -1.44. The first-order valence-electron chi connectivity index (χ1n) is 6.61. The van der Waals surface area contributed by atoms with Crippen molar-refractivity contribution in [3.05, 3.63) is 38.5 Å². The van der Waals surface area contributed by atoms with E-state index in [1.165, 1.54) is 22.7 Å². The van der Waals surface area contributed by atoms with Crippen molar-refractivity contribution in [3.8, 4) is 0 Å². The molecule has 0 bridgehead atoms. The number of aromatic nitrogens is 1. The second kappa shape index (κ2) is 6.55. The second-order valence-corrected chi connectivity index (χ2v) is 6.96. The number of hydrogen-bond acceptors (Lipinski definition) is 5. The number of aliphatic hydroxyl groups is 1. The molecule has 0 saturated heterocycles. The molecule has 0 aliphatic rings. The third-order valence-corrected chi connectivity index (χ3v) is 5.27. The number of nitrogens with zero attached hydrogens (tertiary/aromatic N) is 1. The van der Waals surface area contributed by atoms with Crippen molar-refractivity contribution in [2.45, 2.75) is 32.4 Å². The molecule has 114 valence electrons. The van der Waals surface area contributed by atoms with Gasteiger partial charge in [0.2, 0.25) is 0 Å². The zero-order valence-corrected chi connectivity index (χ0v) is 13.8. The largest absolute Gasteiger partial charge is 0.383 e. The van der Waals surface area contributed by atoms with E-state index in [0.29, 0.717) is 0 Å². The SMILES string of the molecule is Cc1csc(C(C)NC(=O)NCC(C)(O)c2cccs2)n1.